The molecule has 37 heavy (non-hydrogen) atoms. The second kappa shape index (κ2) is 8.78. The molecule has 1 aromatic heterocycles. The molecule has 1 aliphatic heterocycles. The molecule has 2 heterocycles. The lowest BCUT2D eigenvalue weighted by Gasteiger charge is -2.28. The van der Waals surface area contributed by atoms with E-state index in [1.807, 2.05) is 0 Å². The van der Waals surface area contributed by atoms with Gasteiger partial charge in [0.2, 0.25) is 0 Å². The first-order valence-corrected chi connectivity index (χ1v) is 13.3. The first-order valence-electron chi connectivity index (χ1n) is 10.6. The van der Waals surface area contributed by atoms with Crippen molar-refractivity contribution >= 4 is 60.4 Å². The number of aromatic nitrogens is 1. The van der Waals surface area contributed by atoms with E-state index in [1.165, 1.54) is 78.2 Å². The van der Waals surface area contributed by atoms with Crippen molar-refractivity contribution in [3.05, 3.63) is 92.6 Å². The molecule has 4 aromatic rings. The number of carbonyl (C=O) groups is 1. The highest BCUT2D eigenvalue weighted by molar-refractivity contribution is 9.10. The lowest BCUT2D eigenvalue weighted by Crippen LogP contribution is -2.45. The average molecular weight is 606 g/mol. The van der Waals surface area contributed by atoms with E-state index in [4.69, 9.17) is 20.8 Å². The standard InChI is InChI=1S/C24H17BrFN3O6S2/c1-28-19-9-7-16(12-20(19)34-23(28)31)37(32,33)35-15-5-3-4-13(10-15)24(21(30)29(2)22(36)27-24)14-6-8-18(26)17(25)11-14/h3-12H,1-2H3,(H,27,36). The van der Waals surface area contributed by atoms with Gasteiger partial charge in [-0.15, -0.1) is 0 Å². The van der Waals surface area contributed by atoms with E-state index in [9.17, 15) is 22.4 Å². The zero-order valence-corrected chi connectivity index (χ0v) is 22.4. The van der Waals surface area contributed by atoms with E-state index in [-0.39, 0.29) is 25.8 Å². The highest BCUT2D eigenvalue weighted by Crippen LogP contribution is 2.38. The van der Waals surface area contributed by atoms with Gasteiger partial charge in [0, 0.05) is 20.2 Å². The molecule has 0 aliphatic carbocycles. The van der Waals surface area contributed by atoms with Crippen LogP contribution in [0.1, 0.15) is 11.1 Å². The van der Waals surface area contributed by atoms with E-state index in [0.29, 0.717) is 16.6 Å². The van der Waals surface area contributed by atoms with E-state index in [2.05, 4.69) is 21.2 Å². The Hall–Kier alpha value is -3.55. The monoisotopic (exact) mass is 605 g/mol. The van der Waals surface area contributed by atoms with Crippen molar-refractivity contribution in [2.75, 3.05) is 7.05 Å². The Bertz CT molecular complexity index is 1780. The zero-order valence-electron chi connectivity index (χ0n) is 19.2. The summed E-state index contributed by atoms with van der Waals surface area (Å²) in [6, 6.07) is 14.0. The lowest BCUT2D eigenvalue weighted by molar-refractivity contribution is -0.129. The topological polar surface area (TPSA) is 111 Å². The molecule has 1 aliphatic rings. The molecule has 3 aromatic carbocycles. The second-order valence-corrected chi connectivity index (χ2v) is 11.1. The minimum Gasteiger partial charge on any atom is -0.408 e. The number of benzene rings is 3. The van der Waals surface area contributed by atoms with E-state index < -0.39 is 33.1 Å². The van der Waals surface area contributed by atoms with Crippen LogP contribution in [0.25, 0.3) is 11.1 Å². The number of hydrogen-bond acceptors (Lipinski definition) is 7. The number of fused-ring (bicyclic) bond motifs is 1. The molecule has 0 radical (unpaired) electrons. The molecule has 190 valence electrons. The number of carbonyl (C=O) groups excluding carboxylic acids is 1. The molecule has 0 spiro atoms. The zero-order chi connectivity index (χ0) is 26.7. The molecule has 1 N–H and O–H groups in total. The molecule has 1 fully saturated rings. The largest absolute Gasteiger partial charge is 0.419 e. The molecule has 13 heteroatoms. The third kappa shape index (κ3) is 4.03. The third-order valence-corrected chi connectivity index (χ3v) is 8.33. The highest BCUT2D eigenvalue weighted by atomic mass is 79.9. The number of likely N-dealkylation sites (N-methyl/N-ethyl adjacent to an activating group) is 1. The molecule has 1 amide bonds. The number of amides is 1. The lowest BCUT2D eigenvalue weighted by atomic mass is 9.82. The molecule has 1 unspecified atom stereocenters. The maximum absolute atomic E-state index is 14.0. The summed E-state index contributed by atoms with van der Waals surface area (Å²) >= 11 is 8.46. The van der Waals surface area contributed by atoms with E-state index in [1.54, 1.807) is 6.07 Å². The SMILES string of the molecule is CN1C(=O)C(c2cccc(OS(=O)(=O)c3ccc4c(c3)oc(=O)n4C)c2)(c2ccc(F)c(Br)c2)NC1=S. The van der Waals surface area contributed by atoms with Crippen LogP contribution >= 0.6 is 28.1 Å². The third-order valence-electron chi connectivity index (χ3n) is 6.10. The van der Waals surface area contributed by atoms with E-state index >= 15 is 0 Å². The van der Waals surface area contributed by atoms with Crippen molar-refractivity contribution in [1.29, 1.82) is 0 Å². The Kier molecular flexibility index (Phi) is 5.96. The summed E-state index contributed by atoms with van der Waals surface area (Å²) in [6.07, 6.45) is 0. The Morgan fingerprint density at radius 3 is 2.46 bits per heavy atom. The van der Waals surface area contributed by atoms with Crippen molar-refractivity contribution in [1.82, 2.24) is 14.8 Å². The molecular formula is C24H17BrFN3O6S2. The van der Waals surface area contributed by atoms with Gasteiger partial charge in [-0.05, 0) is 75.7 Å². The predicted octanol–water partition coefficient (Wildman–Crippen LogP) is 3.39. The summed E-state index contributed by atoms with van der Waals surface area (Å²) in [6.45, 7) is 0. The number of thiocarbonyl (C=S) groups is 1. The summed E-state index contributed by atoms with van der Waals surface area (Å²) in [7, 11) is -1.35. The van der Waals surface area contributed by atoms with Crippen molar-refractivity contribution in [2.45, 2.75) is 10.4 Å². The van der Waals surface area contributed by atoms with Crippen molar-refractivity contribution in [3.8, 4) is 5.75 Å². The summed E-state index contributed by atoms with van der Waals surface area (Å²) in [5.74, 6) is -1.68. The Morgan fingerprint density at radius 1 is 1.05 bits per heavy atom. The van der Waals surface area contributed by atoms with Gasteiger partial charge >= 0.3 is 15.9 Å². The van der Waals surface area contributed by atoms with Crippen molar-refractivity contribution in [2.24, 2.45) is 7.05 Å². The predicted molar refractivity (Wildman–Crippen MR) is 139 cm³/mol. The molecule has 0 saturated carbocycles. The fourth-order valence-corrected chi connectivity index (χ4v) is 5.71. The number of rotatable bonds is 5. The maximum atomic E-state index is 14.0. The normalized spacial score (nSPS) is 17.9. The van der Waals surface area contributed by atoms with Crippen LogP contribution in [0.2, 0.25) is 0 Å². The Labute approximate surface area is 223 Å². The van der Waals surface area contributed by atoms with Crippen LogP contribution in [0.3, 0.4) is 0 Å². The Morgan fingerprint density at radius 2 is 1.78 bits per heavy atom. The van der Waals surface area contributed by atoms with Crippen LogP contribution in [0.5, 0.6) is 5.75 Å². The summed E-state index contributed by atoms with van der Waals surface area (Å²) in [5, 5.41) is 3.15. The number of aryl methyl sites for hydroxylation is 1. The maximum Gasteiger partial charge on any atom is 0.419 e. The van der Waals surface area contributed by atoms with Gasteiger partial charge < -0.3 is 13.9 Å². The average Bonchev–Trinajstić information content (AvgIpc) is 3.27. The number of hydrogen-bond donors (Lipinski definition) is 1. The molecule has 0 bridgehead atoms. The van der Waals surface area contributed by atoms with Crippen molar-refractivity contribution < 1.29 is 26.2 Å². The number of nitrogens with zero attached hydrogens (tertiary/aromatic N) is 2. The van der Waals surface area contributed by atoms with Gasteiger partial charge in [0.1, 0.15) is 16.5 Å². The van der Waals surface area contributed by atoms with Crippen LogP contribution in [0.4, 0.5) is 4.39 Å². The van der Waals surface area contributed by atoms with Crippen LogP contribution < -0.4 is 15.3 Å². The van der Waals surface area contributed by atoms with Gasteiger partial charge in [-0.25, -0.2) is 9.18 Å². The summed E-state index contributed by atoms with van der Waals surface area (Å²) in [5.41, 5.74) is -0.354. The van der Waals surface area contributed by atoms with Crippen LogP contribution in [0, 0.1) is 5.82 Å². The van der Waals surface area contributed by atoms with Gasteiger partial charge in [0.15, 0.2) is 16.2 Å². The molecule has 1 atom stereocenters. The highest BCUT2D eigenvalue weighted by Gasteiger charge is 2.51. The smallest absolute Gasteiger partial charge is 0.408 e. The van der Waals surface area contributed by atoms with Gasteiger partial charge in [-0.3, -0.25) is 14.3 Å². The minimum atomic E-state index is -4.35. The summed E-state index contributed by atoms with van der Waals surface area (Å²) < 4.78 is 52.0. The number of nitrogens with one attached hydrogen (secondary N) is 1. The van der Waals surface area contributed by atoms with E-state index in [0.717, 1.165) is 0 Å². The minimum absolute atomic E-state index is 0.0808. The van der Waals surface area contributed by atoms with Crippen LogP contribution in [-0.4, -0.2) is 36.0 Å². The fraction of sp³-hybridized carbons (Fsp3) is 0.125. The number of oxazole rings is 1. The first kappa shape index (κ1) is 25.1. The van der Waals surface area contributed by atoms with Crippen LogP contribution in [-0.2, 0) is 27.5 Å². The van der Waals surface area contributed by atoms with Gasteiger partial charge in [-0.2, -0.15) is 8.42 Å². The quantitative estimate of drug-likeness (QED) is 0.272. The van der Waals surface area contributed by atoms with Gasteiger partial charge in [0.25, 0.3) is 5.91 Å². The van der Waals surface area contributed by atoms with Gasteiger partial charge in [0.05, 0.1) is 9.99 Å². The molecule has 9 nitrogen and oxygen atoms in total. The molecule has 1 saturated heterocycles. The fourth-order valence-electron chi connectivity index (χ4n) is 4.15. The Balaban J connectivity index is 1.58. The number of halogens is 2. The second-order valence-electron chi connectivity index (χ2n) is 8.30. The van der Waals surface area contributed by atoms with Crippen molar-refractivity contribution in [3.63, 3.8) is 0 Å². The van der Waals surface area contributed by atoms with Crippen LogP contribution in [0.15, 0.2) is 79.2 Å². The van der Waals surface area contributed by atoms with Gasteiger partial charge in [-0.1, -0.05) is 18.2 Å². The summed E-state index contributed by atoms with van der Waals surface area (Å²) in [4.78, 5) is 26.3. The molecule has 5 rings (SSSR count). The molecular weight excluding hydrogens is 589 g/mol. The first-order chi connectivity index (χ1) is 17.4.